The number of hydrogen-bond donors (Lipinski definition) is 1. The summed E-state index contributed by atoms with van der Waals surface area (Å²) in [4.78, 5) is 15.0. The topological polar surface area (TPSA) is 50.8 Å². The molecule has 5 nitrogen and oxygen atoms in total. The number of nitrogens with one attached hydrogen (secondary N) is 1. The van der Waals surface area contributed by atoms with Crippen molar-refractivity contribution < 1.29 is 18.7 Å². The molecule has 0 radical (unpaired) electrons. The number of amides is 1. The first kappa shape index (κ1) is 17.8. The highest BCUT2D eigenvalue weighted by Crippen LogP contribution is 2.33. The van der Waals surface area contributed by atoms with Gasteiger partial charge in [0.2, 0.25) is 5.91 Å². The van der Waals surface area contributed by atoms with Crippen LogP contribution in [-0.4, -0.2) is 37.1 Å². The molecule has 1 N–H and O–H groups in total. The van der Waals surface area contributed by atoms with E-state index in [1.54, 1.807) is 12.1 Å². The van der Waals surface area contributed by atoms with Crippen molar-refractivity contribution in [1.82, 2.24) is 4.90 Å². The zero-order chi connectivity index (χ0) is 18.6. The molecule has 1 amide bonds. The highest BCUT2D eigenvalue weighted by molar-refractivity contribution is 5.93. The van der Waals surface area contributed by atoms with Crippen LogP contribution in [0.4, 0.5) is 10.1 Å². The van der Waals surface area contributed by atoms with Crippen molar-refractivity contribution in [1.29, 1.82) is 0 Å². The maximum atomic E-state index is 13.1. The monoisotopic (exact) mass is 370 g/mol. The van der Waals surface area contributed by atoms with Gasteiger partial charge in [0.25, 0.3) is 0 Å². The van der Waals surface area contributed by atoms with Crippen LogP contribution < -0.4 is 14.8 Å². The molecule has 142 valence electrons. The number of likely N-dealkylation sites (tertiary alicyclic amines) is 1. The molecule has 6 heteroatoms. The lowest BCUT2D eigenvalue weighted by Gasteiger charge is -2.32. The third kappa shape index (κ3) is 4.39. The van der Waals surface area contributed by atoms with E-state index in [1.165, 1.54) is 12.1 Å². The molecule has 2 aromatic carbocycles. The Morgan fingerprint density at radius 3 is 2.70 bits per heavy atom. The van der Waals surface area contributed by atoms with Gasteiger partial charge in [0, 0.05) is 24.8 Å². The first-order valence-corrected chi connectivity index (χ1v) is 9.35. The summed E-state index contributed by atoms with van der Waals surface area (Å²) in [6.07, 6.45) is 1.84. The highest BCUT2D eigenvalue weighted by atomic mass is 19.1. The van der Waals surface area contributed by atoms with Crippen LogP contribution in [0.3, 0.4) is 0 Å². The van der Waals surface area contributed by atoms with E-state index in [-0.39, 0.29) is 17.6 Å². The van der Waals surface area contributed by atoms with Crippen LogP contribution in [0.25, 0.3) is 0 Å². The van der Waals surface area contributed by atoms with E-state index in [0.717, 1.165) is 37.2 Å². The van der Waals surface area contributed by atoms with Gasteiger partial charge in [-0.2, -0.15) is 0 Å². The van der Waals surface area contributed by atoms with Gasteiger partial charge in [-0.3, -0.25) is 9.69 Å². The zero-order valence-electron chi connectivity index (χ0n) is 15.1. The van der Waals surface area contributed by atoms with Gasteiger partial charge in [-0.15, -0.1) is 0 Å². The molecular weight excluding hydrogens is 347 g/mol. The van der Waals surface area contributed by atoms with Gasteiger partial charge < -0.3 is 14.8 Å². The molecule has 2 aliphatic heterocycles. The Morgan fingerprint density at radius 2 is 1.89 bits per heavy atom. The van der Waals surface area contributed by atoms with Gasteiger partial charge in [0.05, 0.1) is 5.92 Å². The molecule has 2 aromatic rings. The molecule has 0 unspecified atom stereocenters. The summed E-state index contributed by atoms with van der Waals surface area (Å²) in [7, 11) is 0. The van der Waals surface area contributed by atoms with Crippen LogP contribution in [0.5, 0.6) is 11.5 Å². The molecule has 0 bridgehead atoms. The second-order valence-electron chi connectivity index (χ2n) is 7.05. The summed E-state index contributed by atoms with van der Waals surface area (Å²) in [5.41, 5.74) is 1.78. The highest BCUT2D eigenvalue weighted by Gasteiger charge is 2.26. The molecular formula is C21H23FN2O3. The van der Waals surface area contributed by atoms with Gasteiger partial charge in [0.1, 0.15) is 19.0 Å². The number of fused-ring (bicyclic) bond motifs is 1. The van der Waals surface area contributed by atoms with E-state index in [0.29, 0.717) is 31.3 Å². The van der Waals surface area contributed by atoms with Crippen molar-refractivity contribution in [3.8, 4) is 11.5 Å². The van der Waals surface area contributed by atoms with Gasteiger partial charge in [-0.05, 0) is 49.2 Å². The molecule has 1 saturated heterocycles. The molecule has 0 spiro atoms. The Labute approximate surface area is 158 Å². The second-order valence-corrected chi connectivity index (χ2v) is 7.05. The standard InChI is InChI=1S/C21H23FN2O3/c22-17-5-3-15(4-6-17)13-24-9-1-2-16(14-24)21(25)23-18-7-8-19-20(12-18)27-11-10-26-19/h3-8,12,16H,1-2,9-11,13-14H2,(H,23,25)/t16-/m1/s1. The van der Waals surface area contributed by atoms with Crippen LogP contribution in [0, 0.1) is 11.7 Å². The summed E-state index contributed by atoms with van der Waals surface area (Å²) < 4.78 is 24.1. The second kappa shape index (κ2) is 7.96. The predicted molar refractivity (Wildman–Crippen MR) is 100 cm³/mol. The first-order chi connectivity index (χ1) is 13.2. The van der Waals surface area contributed by atoms with E-state index in [2.05, 4.69) is 10.2 Å². The lowest BCUT2D eigenvalue weighted by atomic mass is 9.96. The third-order valence-electron chi connectivity index (χ3n) is 5.01. The molecule has 27 heavy (non-hydrogen) atoms. The van der Waals surface area contributed by atoms with Crippen LogP contribution in [0.2, 0.25) is 0 Å². The minimum atomic E-state index is -0.228. The normalized spacial score (nSPS) is 19.5. The maximum Gasteiger partial charge on any atom is 0.228 e. The average Bonchev–Trinajstić information content (AvgIpc) is 2.70. The van der Waals surface area contributed by atoms with Crippen molar-refractivity contribution in [3.63, 3.8) is 0 Å². The van der Waals surface area contributed by atoms with Crippen molar-refractivity contribution in [2.24, 2.45) is 5.92 Å². The van der Waals surface area contributed by atoms with Crippen molar-refractivity contribution in [3.05, 3.63) is 53.8 Å². The lowest BCUT2D eigenvalue weighted by molar-refractivity contribution is -0.121. The van der Waals surface area contributed by atoms with Gasteiger partial charge >= 0.3 is 0 Å². The van der Waals surface area contributed by atoms with Crippen LogP contribution in [0.15, 0.2) is 42.5 Å². The number of halogens is 1. The first-order valence-electron chi connectivity index (χ1n) is 9.35. The largest absolute Gasteiger partial charge is 0.486 e. The molecule has 0 saturated carbocycles. The fourth-order valence-corrected chi connectivity index (χ4v) is 3.63. The van der Waals surface area contributed by atoms with Crippen LogP contribution >= 0.6 is 0 Å². The smallest absolute Gasteiger partial charge is 0.228 e. The minimum absolute atomic E-state index is 0.0236. The van der Waals surface area contributed by atoms with Crippen LogP contribution in [-0.2, 0) is 11.3 Å². The van der Waals surface area contributed by atoms with Crippen molar-refractivity contribution in [2.75, 3.05) is 31.6 Å². The Hall–Kier alpha value is -2.60. The number of nitrogens with zero attached hydrogens (tertiary/aromatic N) is 1. The molecule has 1 atom stereocenters. The van der Waals surface area contributed by atoms with E-state index in [1.807, 2.05) is 18.2 Å². The molecule has 1 fully saturated rings. The Morgan fingerprint density at radius 1 is 1.11 bits per heavy atom. The minimum Gasteiger partial charge on any atom is -0.486 e. The average molecular weight is 370 g/mol. The van der Waals surface area contributed by atoms with E-state index in [4.69, 9.17) is 9.47 Å². The SMILES string of the molecule is O=C(Nc1ccc2c(c1)OCCO2)[C@@H]1CCCN(Cc2ccc(F)cc2)C1. The fraction of sp³-hybridized carbons (Fsp3) is 0.381. The number of anilines is 1. The van der Waals surface area contributed by atoms with E-state index in [9.17, 15) is 9.18 Å². The molecule has 4 rings (SSSR count). The third-order valence-corrected chi connectivity index (χ3v) is 5.01. The Bertz CT molecular complexity index is 810. The number of piperidine rings is 1. The quantitative estimate of drug-likeness (QED) is 0.896. The zero-order valence-corrected chi connectivity index (χ0v) is 15.1. The number of ether oxygens (including phenoxy) is 2. The number of carbonyl (C=O) groups excluding carboxylic acids is 1. The summed E-state index contributed by atoms with van der Waals surface area (Å²) in [6.45, 7) is 3.45. The summed E-state index contributed by atoms with van der Waals surface area (Å²) in [6, 6.07) is 12.0. The Kier molecular flexibility index (Phi) is 5.25. The maximum absolute atomic E-state index is 13.1. The summed E-state index contributed by atoms with van der Waals surface area (Å²) >= 11 is 0. The van der Waals surface area contributed by atoms with E-state index >= 15 is 0 Å². The lowest BCUT2D eigenvalue weighted by Crippen LogP contribution is -2.40. The predicted octanol–water partition coefficient (Wildman–Crippen LogP) is 3.45. The van der Waals surface area contributed by atoms with Crippen molar-refractivity contribution >= 4 is 11.6 Å². The van der Waals surface area contributed by atoms with E-state index < -0.39 is 0 Å². The molecule has 2 aliphatic rings. The number of benzene rings is 2. The van der Waals surface area contributed by atoms with Crippen molar-refractivity contribution in [2.45, 2.75) is 19.4 Å². The number of rotatable bonds is 4. The van der Waals surface area contributed by atoms with Gasteiger partial charge in [0.15, 0.2) is 11.5 Å². The fourth-order valence-electron chi connectivity index (χ4n) is 3.63. The Balaban J connectivity index is 1.36. The van der Waals surface area contributed by atoms with Gasteiger partial charge in [-0.25, -0.2) is 4.39 Å². The number of carbonyl (C=O) groups is 1. The van der Waals surface area contributed by atoms with Gasteiger partial charge in [-0.1, -0.05) is 12.1 Å². The molecule has 0 aliphatic carbocycles. The number of hydrogen-bond acceptors (Lipinski definition) is 4. The molecule has 2 heterocycles. The summed E-state index contributed by atoms with van der Waals surface area (Å²) in [5.74, 6) is 1.11. The summed E-state index contributed by atoms with van der Waals surface area (Å²) in [5, 5.41) is 3.00. The van der Waals surface area contributed by atoms with Crippen LogP contribution in [0.1, 0.15) is 18.4 Å². The molecule has 0 aromatic heterocycles.